The van der Waals surface area contributed by atoms with Crippen LogP contribution < -0.4 is 16.9 Å². The molecule has 1 aromatic carbocycles. The molecule has 1 aromatic heterocycles. The van der Waals surface area contributed by atoms with Gasteiger partial charge in [-0.05, 0) is 30.5 Å². The number of aliphatic hydroxyl groups excluding tert-OH is 1. The van der Waals surface area contributed by atoms with Crippen LogP contribution in [-0.4, -0.2) is 44.0 Å². The van der Waals surface area contributed by atoms with Crippen LogP contribution in [0.4, 0.5) is 0 Å². The van der Waals surface area contributed by atoms with E-state index in [4.69, 9.17) is 16.0 Å². The first-order valence-corrected chi connectivity index (χ1v) is 10.0. The molecule has 0 unspecified atom stereocenters. The predicted octanol–water partition coefficient (Wildman–Crippen LogP) is 0.0761. The Kier molecular flexibility index (Phi) is 4.62. The summed E-state index contributed by atoms with van der Waals surface area (Å²) in [4.78, 5) is 31.8. The van der Waals surface area contributed by atoms with Gasteiger partial charge in [-0.3, -0.25) is 10.3 Å². The second-order valence-electron chi connectivity index (χ2n) is 7.61. The zero-order valence-electron chi connectivity index (χ0n) is 16.2. The molecule has 2 aliphatic heterocycles. The van der Waals surface area contributed by atoms with Gasteiger partial charge in [0.1, 0.15) is 24.4 Å². The normalized spacial score (nSPS) is 26.4. The van der Waals surface area contributed by atoms with Gasteiger partial charge in [-0.15, -0.1) is 12.3 Å². The molecule has 0 amide bonds. The molecular weight excluding hydrogens is 388 g/mol. The zero-order chi connectivity index (χ0) is 20.8. The summed E-state index contributed by atoms with van der Waals surface area (Å²) in [6.07, 6.45) is 5.44. The maximum Gasteiger partial charge on any atom is 0.352 e. The van der Waals surface area contributed by atoms with Gasteiger partial charge in [0, 0.05) is 13.0 Å². The highest BCUT2D eigenvalue weighted by molar-refractivity contribution is 5.35. The number of fused-ring (bicyclic) bond motifs is 4. The molecule has 9 nitrogen and oxygen atoms in total. The number of ether oxygens (including phenoxy) is 1. The van der Waals surface area contributed by atoms with Crippen molar-refractivity contribution >= 4 is 0 Å². The molecule has 2 aromatic rings. The monoisotopic (exact) mass is 410 g/mol. The molecule has 2 N–H and O–H groups in total. The number of aromatic nitrogens is 3. The number of hydroxylamine groups is 1. The highest BCUT2D eigenvalue weighted by Crippen LogP contribution is 2.46. The number of benzene rings is 1. The van der Waals surface area contributed by atoms with Gasteiger partial charge < -0.3 is 9.84 Å². The van der Waals surface area contributed by atoms with Crippen LogP contribution in [0.25, 0.3) is 5.69 Å². The summed E-state index contributed by atoms with van der Waals surface area (Å²) in [5.41, 5.74) is 4.10. The molecule has 1 fully saturated rings. The summed E-state index contributed by atoms with van der Waals surface area (Å²) < 4.78 is 9.56. The summed E-state index contributed by atoms with van der Waals surface area (Å²) in [5, 5.41) is 10.9. The van der Waals surface area contributed by atoms with Crippen LogP contribution >= 0.6 is 0 Å². The van der Waals surface area contributed by atoms with E-state index in [0.717, 1.165) is 15.8 Å². The Labute approximate surface area is 172 Å². The number of epoxide rings is 1. The Balaban J connectivity index is 1.54. The molecule has 3 heterocycles. The molecule has 30 heavy (non-hydrogen) atoms. The fraction of sp³-hybridized carbons (Fsp3) is 0.429. The molecule has 156 valence electrons. The molecule has 0 spiro atoms. The van der Waals surface area contributed by atoms with Gasteiger partial charge in [-0.25, -0.2) is 23.5 Å². The molecule has 1 saturated heterocycles. The third-order valence-electron chi connectivity index (χ3n) is 5.85. The number of terminal acetylenes is 1. The third-order valence-corrected chi connectivity index (χ3v) is 5.85. The third kappa shape index (κ3) is 2.84. The number of unbranched alkanes of at least 4 members (excludes halogenated alkanes) is 1. The van der Waals surface area contributed by atoms with E-state index >= 15 is 0 Å². The second-order valence-corrected chi connectivity index (χ2v) is 7.61. The highest BCUT2D eigenvalue weighted by Gasteiger charge is 2.57. The maximum atomic E-state index is 13.3. The topological polar surface area (TPSA) is 103 Å². The minimum atomic E-state index is -0.924. The van der Waals surface area contributed by atoms with Crippen molar-refractivity contribution in [2.45, 2.75) is 50.2 Å². The maximum absolute atomic E-state index is 13.3. The Morgan fingerprint density at radius 1 is 1.27 bits per heavy atom. The number of hydrogen-bond acceptors (Lipinski definition) is 6. The SMILES string of the molecule is C#CCCCONC1=C2CCn3c(=O)n(-c4ccccc4)c(=O)n3[C@H]2[C@H](O)[C@@H]2O[C@H]12. The summed E-state index contributed by atoms with van der Waals surface area (Å²) in [7, 11) is 0. The van der Waals surface area contributed by atoms with Crippen LogP contribution in [0, 0.1) is 12.3 Å². The number of nitrogens with zero attached hydrogens (tertiary/aromatic N) is 3. The first-order valence-electron chi connectivity index (χ1n) is 10.0. The van der Waals surface area contributed by atoms with Gasteiger partial charge in [0.2, 0.25) is 0 Å². The Bertz CT molecular complexity index is 1150. The summed E-state index contributed by atoms with van der Waals surface area (Å²) >= 11 is 0. The van der Waals surface area contributed by atoms with E-state index in [2.05, 4.69) is 11.4 Å². The van der Waals surface area contributed by atoms with E-state index in [1.807, 2.05) is 6.07 Å². The van der Waals surface area contributed by atoms with E-state index in [1.54, 1.807) is 24.3 Å². The van der Waals surface area contributed by atoms with E-state index in [0.29, 0.717) is 38.1 Å². The standard InChI is InChI=1S/C21H22N4O5/c1-2-3-7-12-29-22-15-14-10-11-23-20(27)24(13-8-5-4-6-9-13)21(28)25(23)16(14)17(26)19-18(15)30-19/h1,4-6,8-9,16-19,22,26H,3,7,10-12H2/t16-,17+,18-,19+/m1/s1. The van der Waals surface area contributed by atoms with Gasteiger partial charge in [-0.2, -0.15) is 0 Å². The van der Waals surface area contributed by atoms with Crippen molar-refractivity contribution in [1.82, 2.24) is 19.4 Å². The number of hydrogen-bond donors (Lipinski definition) is 2. The highest BCUT2D eigenvalue weighted by atomic mass is 16.7. The van der Waals surface area contributed by atoms with Crippen molar-refractivity contribution in [2.75, 3.05) is 6.61 Å². The first-order chi connectivity index (χ1) is 14.6. The molecule has 0 bridgehead atoms. The van der Waals surface area contributed by atoms with Gasteiger partial charge in [0.05, 0.1) is 18.0 Å². The predicted molar refractivity (Wildman–Crippen MR) is 107 cm³/mol. The van der Waals surface area contributed by atoms with Crippen LogP contribution in [0.1, 0.15) is 25.3 Å². The molecule has 1 aliphatic carbocycles. The van der Waals surface area contributed by atoms with Gasteiger partial charge >= 0.3 is 11.4 Å². The van der Waals surface area contributed by atoms with Crippen LogP contribution in [-0.2, 0) is 16.1 Å². The van der Waals surface area contributed by atoms with Crippen molar-refractivity contribution < 1.29 is 14.7 Å². The molecule has 0 saturated carbocycles. The van der Waals surface area contributed by atoms with Crippen molar-refractivity contribution in [3.05, 3.63) is 62.6 Å². The average molecular weight is 410 g/mol. The lowest BCUT2D eigenvalue weighted by molar-refractivity contribution is 0.0473. The lowest BCUT2D eigenvalue weighted by Crippen LogP contribution is -2.47. The minimum absolute atomic E-state index is 0.288. The number of aliphatic hydroxyl groups is 1. The van der Waals surface area contributed by atoms with Crippen LogP contribution in [0.15, 0.2) is 51.2 Å². The van der Waals surface area contributed by atoms with E-state index < -0.39 is 29.6 Å². The lowest BCUT2D eigenvalue weighted by atomic mass is 9.86. The van der Waals surface area contributed by atoms with E-state index in [-0.39, 0.29) is 6.10 Å². The Hall–Kier alpha value is -3.06. The van der Waals surface area contributed by atoms with E-state index in [1.165, 1.54) is 9.36 Å². The first kappa shape index (κ1) is 18.9. The molecular formula is C21H22N4O5. The number of rotatable bonds is 6. The smallest absolute Gasteiger partial charge is 0.352 e. The molecule has 9 heteroatoms. The van der Waals surface area contributed by atoms with E-state index in [9.17, 15) is 14.7 Å². The lowest BCUT2D eigenvalue weighted by Gasteiger charge is -2.35. The largest absolute Gasteiger partial charge is 0.388 e. The molecule has 5 rings (SSSR count). The van der Waals surface area contributed by atoms with Crippen LogP contribution in [0.2, 0.25) is 0 Å². The van der Waals surface area contributed by atoms with Crippen molar-refractivity contribution in [3.8, 4) is 18.0 Å². The molecule has 3 aliphatic rings. The van der Waals surface area contributed by atoms with Crippen molar-refractivity contribution in [2.24, 2.45) is 0 Å². The Morgan fingerprint density at radius 2 is 2.07 bits per heavy atom. The summed E-state index contributed by atoms with van der Waals surface area (Å²) in [6.45, 7) is 0.757. The van der Waals surface area contributed by atoms with Crippen LogP contribution in [0.5, 0.6) is 0 Å². The number of para-hydroxylation sites is 1. The molecule has 4 atom stereocenters. The quantitative estimate of drug-likeness (QED) is 0.303. The molecule has 0 radical (unpaired) electrons. The average Bonchev–Trinajstić information content (AvgIpc) is 3.52. The van der Waals surface area contributed by atoms with Gasteiger partial charge in [0.15, 0.2) is 0 Å². The zero-order valence-corrected chi connectivity index (χ0v) is 16.2. The van der Waals surface area contributed by atoms with Crippen molar-refractivity contribution in [3.63, 3.8) is 0 Å². The summed E-state index contributed by atoms with van der Waals surface area (Å²) in [5.74, 6) is 2.56. The minimum Gasteiger partial charge on any atom is -0.388 e. The van der Waals surface area contributed by atoms with Gasteiger partial charge in [0.25, 0.3) is 0 Å². The fourth-order valence-electron chi connectivity index (χ4n) is 4.41. The van der Waals surface area contributed by atoms with Crippen LogP contribution in [0.3, 0.4) is 0 Å². The number of nitrogens with one attached hydrogen (secondary N) is 1. The Morgan fingerprint density at radius 3 is 2.83 bits per heavy atom. The van der Waals surface area contributed by atoms with Gasteiger partial charge in [-0.1, -0.05) is 18.2 Å². The summed E-state index contributed by atoms with van der Waals surface area (Å²) in [6, 6.07) is 8.09. The second kappa shape index (κ2) is 7.32. The fourth-order valence-corrected chi connectivity index (χ4v) is 4.41. The van der Waals surface area contributed by atoms with Crippen molar-refractivity contribution in [1.29, 1.82) is 0 Å².